The molecule has 3 heteroatoms. The van der Waals surface area contributed by atoms with Gasteiger partial charge in [0, 0.05) is 6.04 Å². The standard InChI is InChI=1S/C11H20N2O/c12-10(7-8-3-1-2-4-8)11(14)13-9-5-6-9/h8-10H,1-7,12H2,(H,13,14)/t10-/m1/s1. The average molecular weight is 196 g/mol. The van der Waals surface area contributed by atoms with Crippen molar-refractivity contribution in [3.8, 4) is 0 Å². The number of carbonyl (C=O) groups is 1. The maximum absolute atomic E-state index is 11.5. The minimum absolute atomic E-state index is 0.0689. The molecule has 0 heterocycles. The summed E-state index contributed by atoms with van der Waals surface area (Å²) in [6, 6.07) is 0.177. The molecule has 2 aliphatic rings. The van der Waals surface area contributed by atoms with Crippen molar-refractivity contribution in [3.63, 3.8) is 0 Å². The first-order valence-electron chi connectivity index (χ1n) is 5.81. The Hall–Kier alpha value is -0.570. The van der Waals surface area contributed by atoms with Gasteiger partial charge in [0.2, 0.25) is 5.91 Å². The molecule has 1 atom stereocenters. The number of nitrogens with one attached hydrogen (secondary N) is 1. The van der Waals surface area contributed by atoms with Crippen molar-refractivity contribution in [1.82, 2.24) is 5.32 Å². The number of amides is 1. The van der Waals surface area contributed by atoms with E-state index in [0.717, 1.165) is 19.3 Å². The van der Waals surface area contributed by atoms with Crippen molar-refractivity contribution >= 4 is 5.91 Å². The molecule has 2 rings (SSSR count). The average Bonchev–Trinajstić information content (AvgIpc) is 2.81. The third-order valence-electron chi connectivity index (χ3n) is 3.32. The zero-order valence-electron chi connectivity index (χ0n) is 8.67. The Labute approximate surface area is 85.4 Å². The fourth-order valence-corrected chi connectivity index (χ4v) is 2.25. The largest absolute Gasteiger partial charge is 0.352 e. The van der Waals surface area contributed by atoms with Crippen LogP contribution in [0.4, 0.5) is 0 Å². The molecule has 0 aliphatic heterocycles. The normalized spacial score (nSPS) is 24.9. The van der Waals surface area contributed by atoms with Crippen molar-refractivity contribution in [1.29, 1.82) is 0 Å². The zero-order valence-corrected chi connectivity index (χ0v) is 8.67. The zero-order chi connectivity index (χ0) is 9.97. The highest BCUT2D eigenvalue weighted by atomic mass is 16.2. The SMILES string of the molecule is N[C@H](CC1CCCC1)C(=O)NC1CC1. The molecule has 0 unspecified atom stereocenters. The second-order valence-electron chi connectivity index (χ2n) is 4.78. The monoisotopic (exact) mass is 196 g/mol. The predicted octanol–water partition coefficient (Wildman–Crippen LogP) is 1.17. The van der Waals surface area contributed by atoms with Crippen LogP contribution in [0, 0.1) is 5.92 Å². The van der Waals surface area contributed by atoms with Crippen LogP contribution in [-0.4, -0.2) is 18.0 Å². The molecule has 0 aromatic carbocycles. The van der Waals surface area contributed by atoms with E-state index in [9.17, 15) is 4.79 Å². The van der Waals surface area contributed by atoms with E-state index in [1.807, 2.05) is 0 Å². The summed E-state index contributed by atoms with van der Waals surface area (Å²) in [6.45, 7) is 0. The number of rotatable bonds is 4. The molecule has 3 nitrogen and oxygen atoms in total. The lowest BCUT2D eigenvalue weighted by Gasteiger charge is -2.15. The molecular weight excluding hydrogens is 176 g/mol. The fourth-order valence-electron chi connectivity index (χ4n) is 2.25. The van der Waals surface area contributed by atoms with Gasteiger partial charge in [0.25, 0.3) is 0 Å². The fraction of sp³-hybridized carbons (Fsp3) is 0.909. The Morgan fingerprint density at radius 2 is 1.93 bits per heavy atom. The lowest BCUT2D eigenvalue weighted by molar-refractivity contribution is -0.122. The van der Waals surface area contributed by atoms with Crippen LogP contribution in [0.1, 0.15) is 44.9 Å². The number of hydrogen-bond donors (Lipinski definition) is 2. The molecule has 0 saturated heterocycles. The number of hydrogen-bond acceptors (Lipinski definition) is 2. The Balaban J connectivity index is 1.69. The van der Waals surface area contributed by atoms with E-state index in [4.69, 9.17) is 5.73 Å². The molecule has 2 saturated carbocycles. The minimum atomic E-state index is -0.265. The maximum atomic E-state index is 11.5. The van der Waals surface area contributed by atoms with Crippen LogP contribution in [0.5, 0.6) is 0 Å². The third kappa shape index (κ3) is 2.71. The first-order chi connectivity index (χ1) is 6.75. The second kappa shape index (κ2) is 4.30. The Morgan fingerprint density at radius 3 is 2.50 bits per heavy atom. The molecule has 0 bridgehead atoms. The van der Waals surface area contributed by atoms with Crippen molar-refractivity contribution in [2.24, 2.45) is 11.7 Å². The topological polar surface area (TPSA) is 55.1 Å². The van der Waals surface area contributed by atoms with Crippen LogP contribution in [0.2, 0.25) is 0 Å². The molecule has 0 radical (unpaired) electrons. The Morgan fingerprint density at radius 1 is 1.29 bits per heavy atom. The Bertz CT molecular complexity index is 207. The summed E-state index contributed by atoms with van der Waals surface area (Å²) in [5, 5.41) is 2.96. The van der Waals surface area contributed by atoms with Gasteiger partial charge in [-0.15, -0.1) is 0 Å². The molecular formula is C11H20N2O. The predicted molar refractivity (Wildman–Crippen MR) is 55.7 cm³/mol. The van der Waals surface area contributed by atoms with Gasteiger partial charge >= 0.3 is 0 Å². The lowest BCUT2D eigenvalue weighted by atomic mass is 9.98. The molecule has 0 aromatic heterocycles. The van der Waals surface area contributed by atoms with E-state index in [1.54, 1.807) is 0 Å². The van der Waals surface area contributed by atoms with E-state index >= 15 is 0 Å². The summed E-state index contributed by atoms with van der Waals surface area (Å²) in [5.74, 6) is 0.773. The van der Waals surface area contributed by atoms with E-state index < -0.39 is 0 Å². The summed E-state index contributed by atoms with van der Waals surface area (Å²) in [5.41, 5.74) is 5.86. The summed E-state index contributed by atoms with van der Waals surface area (Å²) < 4.78 is 0. The smallest absolute Gasteiger partial charge is 0.237 e. The van der Waals surface area contributed by atoms with Crippen molar-refractivity contribution in [2.75, 3.05) is 0 Å². The second-order valence-corrected chi connectivity index (χ2v) is 4.78. The number of nitrogens with two attached hydrogens (primary N) is 1. The van der Waals surface area contributed by atoms with Gasteiger partial charge < -0.3 is 11.1 Å². The van der Waals surface area contributed by atoms with E-state index in [0.29, 0.717) is 12.0 Å². The Kier molecular flexibility index (Phi) is 3.06. The van der Waals surface area contributed by atoms with Gasteiger partial charge in [0.05, 0.1) is 6.04 Å². The van der Waals surface area contributed by atoms with Gasteiger partial charge in [0.15, 0.2) is 0 Å². The highest BCUT2D eigenvalue weighted by Crippen LogP contribution is 2.28. The molecule has 3 N–H and O–H groups in total. The summed E-state index contributed by atoms with van der Waals surface area (Å²) in [6.07, 6.45) is 8.35. The molecule has 0 aromatic rings. The van der Waals surface area contributed by atoms with Crippen LogP contribution in [0.3, 0.4) is 0 Å². The van der Waals surface area contributed by atoms with Crippen LogP contribution in [0.25, 0.3) is 0 Å². The first kappa shape index (κ1) is 9.97. The van der Waals surface area contributed by atoms with Gasteiger partial charge in [-0.05, 0) is 25.2 Å². The van der Waals surface area contributed by atoms with Crippen LogP contribution < -0.4 is 11.1 Å². The van der Waals surface area contributed by atoms with E-state index in [2.05, 4.69) is 5.32 Å². The van der Waals surface area contributed by atoms with Gasteiger partial charge in [0.1, 0.15) is 0 Å². The maximum Gasteiger partial charge on any atom is 0.237 e. The molecule has 2 aliphatic carbocycles. The van der Waals surface area contributed by atoms with Gasteiger partial charge in [-0.2, -0.15) is 0 Å². The quantitative estimate of drug-likeness (QED) is 0.709. The highest BCUT2D eigenvalue weighted by Gasteiger charge is 2.27. The molecule has 0 spiro atoms. The lowest BCUT2D eigenvalue weighted by Crippen LogP contribution is -2.42. The molecule has 80 valence electrons. The highest BCUT2D eigenvalue weighted by molar-refractivity contribution is 5.82. The van der Waals surface area contributed by atoms with Crippen LogP contribution in [0.15, 0.2) is 0 Å². The van der Waals surface area contributed by atoms with Crippen molar-refractivity contribution < 1.29 is 4.79 Å². The van der Waals surface area contributed by atoms with Gasteiger partial charge in [-0.25, -0.2) is 0 Å². The summed E-state index contributed by atoms with van der Waals surface area (Å²) in [7, 11) is 0. The summed E-state index contributed by atoms with van der Waals surface area (Å²) >= 11 is 0. The van der Waals surface area contributed by atoms with Crippen molar-refractivity contribution in [3.05, 3.63) is 0 Å². The third-order valence-corrected chi connectivity index (χ3v) is 3.32. The minimum Gasteiger partial charge on any atom is -0.352 e. The molecule has 2 fully saturated rings. The van der Waals surface area contributed by atoms with E-state index in [1.165, 1.54) is 25.7 Å². The number of carbonyl (C=O) groups excluding carboxylic acids is 1. The van der Waals surface area contributed by atoms with Crippen LogP contribution >= 0.6 is 0 Å². The van der Waals surface area contributed by atoms with Gasteiger partial charge in [-0.3, -0.25) is 4.79 Å². The summed E-state index contributed by atoms with van der Waals surface area (Å²) in [4.78, 5) is 11.5. The molecule has 1 amide bonds. The van der Waals surface area contributed by atoms with Gasteiger partial charge in [-0.1, -0.05) is 25.7 Å². The van der Waals surface area contributed by atoms with E-state index in [-0.39, 0.29) is 11.9 Å². The van der Waals surface area contributed by atoms with Crippen molar-refractivity contribution in [2.45, 2.75) is 57.0 Å². The van der Waals surface area contributed by atoms with Crippen LogP contribution in [-0.2, 0) is 4.79 Å². The first-order valence-corrected chi connectivity index (χ1v) is 5.81. The molecule has 14 heavy (non-hydrogen) atoms.